The van der Waals surface area contributed by atoms with Gasteiger partial charge in [-0.25, -0.2) is 15.0 Å². The summed E-state index contributed by atoms with van der Waals surface area (Å²) in [4.78, 5) is 23.3. The van der Waals surface area contributed by atoms with Crippen molar-refractivity contribution in [2.75, 3.05) is 0 Å². The molecule has 0 unspecified atom stereocenters. The van der Waals surface area contributed by atoms with E-state index >= 15 is 0 Å². The van der Waals surface area contributed by atoms with Crippen molar-refractivity contribution >= 4 is 22.2 Å². The molecule has 0 aliphatic heterocycles. The summed E-state index contributed by atoms with van der Waals surface area (Å²) < 4.78 is 0. The van der Waals surface area contributed by atoms with E-state index in [1.54, 1.807) is 18.7 Å². The molecule has 0 aliphatic carbocycles. The van der Waals surface area contributed by atoms with Crippen molar-refractivity contribution in [3.8, 4) is 11.5 Å². The number of rotatable bonds is 1. The van der Waals surface area contributed by atoms with Crippen molar-refractivity contribution < 1.29 is 0 Å². The average Bonchev–Trinajstić information content (AvgIpc) is 3.04. The molecule has 4 aromatic rings. The molecule has 4 heterocycles. The van der Waals surface area contributed by atoms with E-state index < -0.39 is 0 Å². The lowest BCUT2D eigenvalue weighted by Crippen LogP contribution is -1.86. The summed E-state index contributed by atoms with van der Waals surface area (Å²) in [5, 5.41) is 0. The molecule has 0 radical (unpaired) electrons. The van der Waals surface area contributed by atoms with Crippen molar-refractivity contribution in [3.63, 3.8) is 0 Å². The van der Waals surface area contributed by atoms with Crippen LogP contribution in [0.25, 0.3) is 33.7 Å². The predicted octanol–water partition coefficient (Wildman–Crippen LogP) is 1.90. The molecular weight excluding hydrogens is 228 g/mol. The standard InChI is InChI=1S/C12H8N6/c1-2-9(17-11-8(1)14-6-15-11)12-16-7-3-4-13-5-10(7)18-12/h1-6H,(H,16,18)(H,14,15,17). The topological polar surface area (TPSA) is 83.1 Å². The number of fused-ring (bicyclic) bond motifs is 2. The second-order valence-corrected chi connectivity index (χ2v) is 3.95. The first-order valence-electron chi connectivity index (χ1n) is 5.50. The Balaban J connectivity index is 1.94. The molecule has 0 saturated heterocycles. The second kappa shape index (κ2) is 3.36. The van der Waals surface area contributed by atoms with Gasteiger partial charge in [0.15, 0.2) is 11.5 Å². The summed E-state index contributed by atoms with van der Waals surface area (Å²) in [6.07, 6.45) is 5.10. The summed E-state index contributed by atoms with van der Waals surface area (Å²) in [6.45, 7) is 0. The summed E-state index contributed by atoms with van der Waals surface area (Å²) in [7, 11) is 0. The van der Waals surface area contributed by atoms with Crippen LogP contribution in [0.4, 0.5) is 0 Å². The van der Waals surface area contributed by atoms with E-state index in [4.69, 9.17) is 0 Å². The number of pyridine rings is 2. The van der Waals surface area contributed by atoms with Crippen molar-refractivity contribution in [1.82, 2.24) is 29.9 Å². The van der Waals surface area contributed by atoms with Crippen molar-refractivity contribution in [2.45, 2.75) is 0 Å². The highest BCUT2D eigenvalue weighted by Gasteiger charge is 2.07. The van der Waals surface area contributed by atoms with Gasteiger partial charge in [-0.05, 0) is 18.2 Å². The molecule has 0 amide bonds. The molecule has 6 nitrogen and oxygen atoms in total. The summed E-state index contributed by atoms with van der Waals surface area (Å²) in [5.74, 6) is 0.725. The van der Waals surface area contributed by atoms with Gasteiger partial charge < -0.3 is 9.97 Å². The van der Waals surface area contributed by atoms with Gasteiger partial charge in [0.05, 0.1) is 29.1 Å². The Bertz CT molecular complexity index is 811. The molecule has 86 valence electrons. The minimum atomic E-state index is 0.686. The number of H-pyrrole nitrogens is 2. The number of imidazole rings is 2. The lowest BCUT2D eigenvalue weighted by Gasteiger charge is -1.94. The molecule has 2 N–H and O–H groups in total. The molecular formula is C12H8N6. The minimum absolute atomic E-state index is 0.686. The maximum atomic E-state index is 4.48. The minimum Gasteiger partial charge on any atom is -0.343 e. The number of nitrogens with one attached hydrogen (secondary N) is 2. The van der Waals surface area contributed by atoms with Gasteiger partial charge in [0.1, 0.15) is 5.69 Å². The van der Waals surface area contributed by atoms with Crippen molar-refractivity contribution in [3.05, 3.63) is 36.9 Å². The fourth-order valence-corrected chi connectivity index (χ4v) is 1.93. The first-order valence-corrected chi connectivity index (χ1v) is 5.50. The zero-order chi connectivity index (χ0) is 11.9. The largest absolute Gasteiger partial charge is 0.343 e. The molecule has 0 saturated carbocycles. The first kappa shape index (κ1) is 9.29. The van der Waals surface area contributed by atoms with E-state index in [0.29, 0.717) is 5.65 Å². The van der Waals surface area contributed by atoms with E-state index in [1.165, 1.54) is 0 Å². The van der Waals surface area contributed by atoms with E-state index in [2.05, 4.69) is 29.9 Å². The number of aromatic amines is 2. The van der Waals surface area contributed by atoms with E-state index in [0.717, 1.165) is 28.1 Å². The molecule has 0 fully saturated rings. The van der Waals surface area contributed by atoms with Crippen LogP contribution in [0.1, 0.15) is 0 Å². The molecule has 6 heteroatoms. The Morgan fingerprint density at radius 1 is 1.00 bits per heavy atom. The smallest absolute Gasteiger partial charge is 0.178 e. The molecule has 0 aliphatic rings. The van der Waals surface area contributed by atoms with E-state index in [-0.39, 0.29) is 0 Å². The number of nitrogens with zero attached hydrogens (tertiary/aromatic N) is 4. The van der Waals surface area contributed by atoms with Crippen molar-refractivity contribution in [2.24, 2.45) is 0 Å². The Labute approximate surface area is 101 Å². The summed E-state index contributed by atoms with van der Waals surface area (Å²) in [6, 6.07) is 5.71. The Morgan fingerprint density at radius 3 is 2.94 bits per heavy atom. The summed E-state index contributed by atoms with van der Waals surface area (Å²) in [5.41, 5.74) is 4.15. The van der Waals surface area contributed by atoms with Gasteiger partial charge in [-0.3, -0.25) is 4.98 Å². The van der Waals surface area contributed by atoms with E-state index in [9.17, 15) is 0 Å². The van der Waals surface area contributed by atoms with Crippen molar-refractivity contribution in [1.29, 1.82) is 0 Å². The fourth-order valence-electron chi connectivity index (χ4n) is 1.93. The number of hydrogen-bond acceptors (Lipinski definition) is 4. The molecule has 0 spiro atoms. The Kier molecular flexibility index (Phi) is 1.74. The monoisotopic (exact) mass is 236 g/mol. The maximum Gasteiger partial charge on any atom is 0.178 e. The molecule has 0 bridgehead atoms. The molecule has 4 rings (SSSR count). The number of aromatic nitrogens is 6. The van der Waals surface area contributed by atoms with Gasteiger partial charge in [0.2, 0.25) is 0 Å². The second-order valence-electron chi connectivity index (χ2n) is 3.95. The first-order chi connectivity index (χ1) is 8.90. The van der Waals surface area contributed by atoms with Gasteiger partial charge in [0, 0.05) is 6.20 Å². The van der Waals surface area contributed by atoms with Gasteiger partial charge in [-0.15, -0.1) is 0 Å². The SMILES string of the molecule is c1cc2nc(-c3ccc4[nH]cnc4n3)[nH]c2cn1. The van der Waals surface area contributed by atoms with Crippen LogP contribution >= 0.6 is 0 Å². The van der Waals surface area contributed by atoms with Crippen LogP contribution < -0.4 is 0 Å². The normalized spacial score (nSPS) is 11.3. The van der Waals surface area contributed by atoms with Gasteiger partial charge >= 0.3 is 0 Å². The van der Waals surface area contributed by atoms with Crippen LogP contribution in [-0.2, 0) is 0 Å². The Hall–Kier alpha value is -2.76. The fraction of sp³-hybridized carbons (Fsp3) is 0. The highest BCUT2D eigenvalue weighted by Crippen LogP contribution is 2.19. The molecule has 0 atom stereocenters. The third-order valence-corrected chi connectivity index (χ3v) is 2.81. The zero-order valence-corrected chi connectivity index (χ0v) is 9.25. The Morgan fingerprint density at radius 2 is 2.00 bits per heavy atom. The highest BCUT2D eigenvalue weighted by atomic mass is 15.0. The maximum absolute atomic E-state index is 4.48. The van der Waals surface area contributed by atoms with Crippen LogP contribution in [0.2, 0.25) is 0 Å². The van der Waals surface area contributed by atoms with Crippen LogP contribution in [0, 0.1) is 0 Å². The lowest BCUT2D eigenvalue weighted by molar-refractivity contribution is 1.24. The van der Waals surface area contributed by atoms with Gasteiger partial charge in [-0.2, -0.15) is 0 Å². The van der Waals surface area contributed by atoms with Gasteiger partial charge in [-0.1, -0.05) is 0 Å². The average molecular weight is 236 g/mol. The van der Waals surface area contributed by atoms with Crippen LogP contribution in [0.5, 0.6) is 0 Å². The zero-order valence-electron chi connectivity index (χ0n) is 9.25. The molecule has 0 aromatic carbocycles. The van der Waals surface area contributed by atoms with Gasteiger partial charge in [0.25, 0.3) is 0 Å². The van der Waals surface area contributed by atoms with E-state index in [1.807, 2.05) is 18.2 Å². The quantitative estimate of drug-likeness (QED) is 0.528. The number of hydrogen-bond donors (Lipinski definition) is 2. The van der Waals surface area contributed by atoms with Crippen LogP contribution in [-0.4, -0.2) is 29.9 Å². The summed E-state index contributed by atoms with van der Waals surface area (Å²) >= 11 is 0. The lowest BCUT2D eigenvalue weighted by atomic mass is 10.3. The predicted molar refractivity (Wildman–Crippen MR) is 66.8 cm³/mol. The van der Waals surface area contributed by atoms with Crippen LogP contribution in [0.3, 0.4) is 0 Å². The highest BCUT2D eigenvalue weighted by molar-refractivity contribution is 5.79. The molecule has 4 aromatic heterocycles. The third-order valence-electron chi connectivity index (χ3n) is 2.81. The third kappa shape index (κ3) is 1.29. The molecule has 18 heavy (non-hydrogen) atoms. The van der Waals surface area contributed by atoms with Crippen LogP contribution in [0.15, 0.2) is 36.9 Å².